The van der Waals surface area contributed by atoms with E-state index in [0.717, 1.165) is 16.8 Å². The Kier molecular flexibility index (Phi) is 7.45. The first-order chi connectivity index (χ1) is 16.8. The number of carboxylic acid groups (broad SMARTS) is 1. The molecule has 35 heavy (non-hydrogen) atoms. The summed E-state index contributed by atoms with van der Waals surface area (Å²) in [4.78, 5) is 28.3. The molecule has 1 aliphatic heterocycles. The highest BCUT2D eigenvalue weighted by Crippen LogP contribution is 2.25. The van der Waals surface area contributed by atoms with Crippen molar-refractivity contribution in [2.24, 2.45) is 0 Å². The van der Waals surface area contributed by atoms with Gasteiger partial charge in [-0.2, -0.15) is 0 Å². The van der Waals surface area contributed by atoms with Gasteiger partial charge in [0.05, 0.1) is 10.5 Å². The van der Waals surface area contributed by atoms with Crippen molar-refractivity contribution in [2.75, 3.05) is 6.61 Å². The molecule has 10 heteroatoms. The quantitative estimate of drug-likeness (QED) is 0.360. The number of nitrogens with one attached hydrogen (secondary N) is 1. The molecular formula is C25H24N2O7S. The van der Waals surface area contributed by atoms with E-state index in [4.69, 9.17) is 14.7 Å². The van der Waals surface area contributed by atoms with Gasteiger partial charge in [0.2, 0.25) is 0 Å². The molecule has 182 valence electrons. The highest BCUT2D eigenvalue weighted by molar-refractivity contribution is 7.90. The molecule has 1 fully saturated rings. The summed E-state index contributed by atoms with van der Waals surface area (Å²) in [5.41, 5.74) is 4.29. The minimum atomic E-state index is -3.89. The average Bonchev–Trinajstić information content (AvgIpc) is 3.37. The topological polar surface area (TPSA) is 124 Å². The molecule has 2 aromatic carbocycles. The summed E-state index contributed by atoms with van der Waals surface area (Å²) in [5, 5.41) is 9.05. The number of carboxylic acids is 1. The lowest BCUT2D eigenvalue weighted by atomic mass is 10.0. The lowest BCUT2D eigenvalue weighted by Gasteiger charge is -2.21. The number of ether oxygens (including phenoxy) is 1. The first kappa shape index (κ1) is 24.4. The Hall–Kier alpha value is -3.73. The number of benzene rings is 2. The second-order valence-corrected chi connectivity index (χ2v) is 9.75. The Bertz CT molecular complexity index is 1340. The molecule has 2 N–H and O–H groups in total. The van der Waals surface area contributed by atoms with E-state index in [1.54, 1.807) is 30.3 Å². The molecule has 2 heterocycles. The second-order valence-electron chi connectivity index (χ2n) is 7.90. The summed E-state index contributed by atoms with van der Waals surface area (Å²) < 4.78 is 32.7. The van der Waals surface area contributed by atoms with Gasteiger partial charge in [0.25, 0.3) is 15.9 Å². The van der Waals surface area contributed by atoms with E-state index in [9.17, 15) is 18.0 Å². The average molecular weight is 497 g/mol. The zero-order valence-corrected chi connectivity index (χ0v) is 19.5. The molecule has 3 aromatic rings. The van der Waals surface area contributed by atoms with E-state index in [0.29, 0.717) is 29.7 Å². The zero-order valence-electron chi connectivity index (χ0n) is 18.7. The number of nitrogens with zero attached hydrogens (tertiary/aromatic N) is 1. The number of rotatable bonds is 8. The summed E-state index contributed by atoms with van der Waals surface area (Å²) in [5.74, 6) is -1.52. The van der Waals surface area contributed by atoms with Crippen LogP contribution in [0.2, 0.25) is 0 Å². The molecular weight excluding hydrogens is 472 g/mol. The predicted octanol–water partition coefficient (Wildman–Crippen LogP) is 3.68. The van der Waals surface area contributed by atoms with Crippen LogP contribution in [0.4, 0.5) is 0 Å². The fourth-order valence-electron chi connectivity index (χ4n) is 3.54. The van der Waals surface area contributed by atoms with Crippen LogP contribution in [0.1, 0.15) is 35.2 Å². The van der Waals surface area contributed by atoms with Gasteiger partial charge in [-0.05, 0) is 65.9 Å². The van der Waals surface area contributed by atoms with Crippen molar-refractivity contribution in [3.63, 3.8) is 0 Å². The molecule has 1 atom stereocenters. The smallest absolute Gasteiger partial charge is 0.335 e. The maximum absolute atomic E-state index is 13.1. The van der Waals surface area contributed by atoms with Crippen molar-refractivity contribution in [2.45, 2.75) is 30.4 Å². The van der Waals surface area contributed by atoms with Gasteiger partial charge in [-0.3, -0.25) is 4.79 Å². The zero-order chi connectivity index (χ0) is 24.8. The van der Waals surface area contributed by atoms with Gasteiger partial charge in [-0.1, -0.05) is 24.3 Å². The molecule has 1 amide bonds. The normalized spacial score (nSPS) is 16.3. The third-order valence-corrected chi connectivity index (χ3v) is 7.05. The van der Waals surface area contributed by atoms with Crippen LogP contribution in [-0.2, 0) is 24.4 Å². The Morgan fingerprint density at radius 3 is 2.60 bits per heavy atom. The molecule has 1 aliphatic rings. The summed E-state index contributed by atoms with van der Waals surface area (Å²) in [6, 6.07) is 14.1. The van der Waals surface area contributed by atoms with Crippen molar-refractivity contribution < 1.29 is 32.7 Å². The van der Waals surface area contributed by atoms with Crippen LogP contribution in [0.3, 0.4) is 0 Å². The van der Waals surface area contributed by atoms with Gasteiger partial charge in [0.1, 0.15) is 0 Å². The van der Waals surface area contributed by atoms with E-state index in [1.165, 1.54) is 48.8 Å². The molecule has 0 spiro atoms. The van der Waals surface area contributed by atoms with Crippen LogP contribution < -0.4 is 5.48 Å². The first-order valence-electron chi connectivity index (χ1n) is 11.0. The lowest BCUT2D eigenvalue weighted by molar-refractivity contribution is -0.198. The van der Waals surface area contributed by atoms with Crippen molar-refractivity contribution in [1.82, 2.24) is 9.45 Å². The predicted molar refractivity (Wildman–Crippen MR) is 128 cm³/mol. The standard InChI is InChI=1S/C25H24N2O7S/c28-23(26-34-24-6-1-2-15-33-24)12-7-18-13-14-27(17-18)35(31,32)22-5-3-4-21(16-22)19-8-10-20(11-9-19)25(29)30/h3-5,7-14,16-17,24H,1-2,6,15H2,(H,26,28)(H,29,30). The highest BCUT2D eigenvalue weighted by Gasteiger charge is 2.18. The molecule has 4 rings (SSSR count). The number of hydrogen-bond donors (Lipinski definition) is 2. The molecule has 0 bridgehead atoms. The molecule has 0 saturated carbocycles. The third-order valence-electron chi connectivity index (χ3n) is 5.42. The van der Waals surface area contributed by atoms with E-state index in [2.05, 4.69) is 5.48 Å². The number of aromatic nitrogens is 1. The first-order valence-corrected chi connectivity index (χ1v) is 12.4. The van der Waals surface area contributed by atoms with Crippen LogP contribution >= 0.6 is 0 Å². The van der Waals surface area contributed by atoms with E-state index in [-0.39, 0.29) is 10.5 Å². The Morgan fingerprint density at radius 2 is 1.89 bits per heavy atom. The van der Waals surface area contributed by atoms with Gasteiger partial charge < -0.3 is 9.84 Å². The summed E-state index contributed by atoms with van der Waals surface area (Å²) in [6.07, 6.45) is 7.71. The fraction of sp³-hybridized carbons (Fsp3) is 0.200. The number of aromatic carboxylic acids is 1. The van der Waals surface area contributed by atoms with Gasteiger partial charge in [0.15, 0.2) is 6.29 Å². The molecule has 9 nitrogen and oxygen atoms in total. The summed E-state index contributed by atoms with van der Waals surface area (Å²) in [7, 11) is -3.89. The van der Waals surface area contributed by atoms with Crippen LogP contribution in [0, 0.1) is 0 Å². The molecule has 1 unspecified atom stereocenters. The summed E-state index contributed by atoms with van der Waals surface area (Å²) >= 11 is 0. The van der Waals surface area contributed by atoms with Crippen LogP contribution in [0.15, 0.2) is 78.0 Å². The Labute approximate surface area is 202 Å². The second kappa shape index (κ2) is 10.7. The monoisotopic (exact) mass is 496 g/mol. The number of carbonyl (C=O) groups excluding carboxylic acids is 1. The lowest BCUT2D eigenvalue weighted by Crippen LogP contribution is -2.32. The molecule has 1 saturated heterocycles. The minimum Gasteiger partial charge on any atom is -0.478 e. The largest absolute Gasteiger partial charge is 0.478 e. The number of amides is 1. The van der Waals surface area contributed by atoms with E-state index >= 15 is 0 Å². The van der Waals surface area contributed by atoms with Gasteiger partial charge >= 0.3 is 5.97 Å². The SMILES string of the molecule is O=C(C=Cc1ccn(S(=O)(=O)c2cccc(-c3ccc(C(=O)O)cc3)c2)c1)NOC1CCCCO1. The van der Waals surface area contributed by atoms with Crippen LogP contribution in [0.25, 0.3) is 17.2 Å². The Morgan fingerprint density at radius 1 is 1.09 bits per heavy atom. The fourth-order valence-corrected chi connectivity index (χ4v) is 4.79. The van der Waals surface area contributed by atoms with E-state index < -0.39 is 28.2 Å². The molecule has 0 radical (unpaired) electrons. The number of hydrogen-bond acceptors (Lipinski definition) is 6. The van der Waals surface area contributed by atoms with Crippen LogP contribution in [0.5, 0.6) is 0 Å². The van der Waals surface area contributed by atoms with Crippen molar-refractivity contribution in [1.29, 1.82) is 0 Å². The van der Waals surface area contributed by atoms with Gasteiger partial charge in [-0.15, -0.1) is 0 Å². The van der Waals surface area contributed by atoms with E-state index in [1.807, 2.05) is 0 Å². The van der Waals surface area contributed by atoms with Crippen molar-refractivity contribution in [3.8, 4) is 11.1 Å². The van der Waals surface area contributed by atoms with Gasteiger partial charge in [-0.25, -0.2) is 27.5 Å². The maximum atomic E-state index is 13.1. The van der Waals surface area contributed by atoms with Crippen LogP contribution in [-0.4, -0.2) is 42.3 Å². The van der Waals surface area contributed by atoms with Crippen molar-refractivity contribution in [3.05, 3.63) is 84.2 Å². The third kappa shape index (κ3) is 6.04. The highest BCUT2D eigenvalue weighted by atomic mass is 32.2. The molecule has 0 aliphatic carbocycles. The van der Waals surface area contributed by atoms with Gasteiger partial charge in [0, 0.05) is 31.5 Å². The minimum absolute atomic E-state index is 0.0714. The maximum Gasteiger partial charge on any atom is 0.335 e. The molecule has 1 aromatic heterocycles. The number of carbonyl (C=O) groups is 2. The number of hydroxylamine groups is 1. The van der Waals surface area contributed by atoms with Crippen molar-refractivity contribution >= 4 is 28.0 Å². The Balaban J connectivity index is 1.44. The summed E-state index contributed by atoms with van der Waals surface area (Å²) in [6.45, 7) is 0.596.